The minimum absolute atomic E-state index is 0.143. The predicted molar refractivity (Wildman–Crippen MR) is 79.7 cm³/mol. The Labute approximate surface area is 137 Å². The fourth-order valence-electron chi connectivity index (χ4n) is 2.64. The molecular weight excluding hydrogens is 322 g/mol. The minimum atomic E-state index is -0.586. The van der Waals surface area contributed by atoms with Crippen LogP contribution in [0.5, 0.6) is 0 Å². The molecule has 3 rings (SSSR count). The summed E-state index contributed by atoms with van der Waals surface area (Å²) in [6.07, 6.45) is 2.45. The number of carbonyl (C=O) groups excluding carboxylic acids is 2. The molecule has 2 heterocycles. The van der Waals surface area contributed by atoms with Gasteiger partial charge in [-0.1, -0.05) is 11.8 Å². The van der Waals surface area contributed by atoms with Crippen LogP contribution in [0.1, 0.15) is 25.3 Å². The van der Waals surface area contributed by atoms with E-state index in [1.807, 2.05) is 0 Å². The van der Waals surface area contributed by atoms with Crippen LogP contribution in [0.2, 0.25) is 0 Å². The van der Waals surface area contributed by atoms with Gasteiger partial charge in [0, 0.05) is 20.1 Å². The third kappa shape index (κ3) is 3.47. The first-order valence-electron chi connectivity index (χ1n) is 7.44. The Morgan fingerprint density at radius 1 is 1.35 bits per heavy atom. The molecule has 1 aliphatic carbocycles. The fourth-order valence-corrected chi connectivity index (χ4v) is 3.47. The smallest absolute Gasteiger partial charge is 0.328 e. The molecule has 1 saturated carbocycles. The van der Waals surface area contributed by atoms with Crippen LogP contribution < -0.4 is 0 Å². The van der Waals surface area contributed by atoms with Gasteiger partial charge in [-0.25, -0.2) is 9.48 Å². The van der Waals surface area contributed by atoms with E-state index in [-0.39, 0.29) is 17.8 Å². The SMILES string of the molecule is COC(=O)C1CC(OC)CN1C(=O)CSc1nnnn1C1CC1. The molecule has 1 saturated heterocycles. The molecule has 1 aromatic rings. The molecule has 0 spiro atoms. The Morgan fingerprint density at radius 3 is 2.78 bits per heavy atom. The number of nitrogens with zero attached hydrogens (tertiary/aromatic N) is 5. The number of thioether (sulfide) groups is 1. The van der Waals surface area contributed by atoms with Gasteiger partial charge in [-0.3, -0.25) is 4.79 Å². The number of hydrogen-bond acceptors (Lipinski definition) is 8. The van der Waals surface area contributed by atoms with E-state index in [1.54, 1.807) is 11.8 Å². The third-order valence-corrected chi connectivity index (χ3v) is 4.99. The molecule has 1 amide bonds. The zero-order valence-electron chi connectivity index (χ0n) is 13.0. The molecule has 0 N–H and O–H groups in total. The molecule has 2 aliphatic rings. The number of hydrogen-bond donors (Lipinski definition) is 0. The Morgan fingerprint density at radius 2 is 2.13 bits per heavy atom. The summed E-state index contributed by atoms with van der Waals surface area (Å²) < 4.78 is 11.8. The number of carbonyl (C=O) groups is 2. The third-order valence-electron chi connectivity index (χ3n) is 4.07. The lowest BCUT2D eigenvalue weighted by Crippen LogP contribution is -2.42. The van der Waals surface area contributed by atoms with Crippen LogP contribution in [0, 0.1) is 0 Å². The van der Waals surface area contributed by atoms with Crippen molar-refractivity contribution in [2.45, 2.75) is 42.6 Å². The molecule has 2 unspecified atom stereocenters. The second kappa shape index (κ2) is 6.83. The van der Waals surface area contributed by atoms with Crippen molar-refractivity contribution < 1.29 is 19.1 Å². The summed E-state index contributed by atoms with van der Waals surface area (Å²) in [5.41, 5.74) is 0. The molecule has 2 fully saturated rings. The van der Waals surface area contributed by atoms with Gasteiger partial charge in [0.1, 0.15) is 6.04 Å². The number of amides is 1. The van der Waals surface area contributed by atoms with Crippen LogP contribution in [0.25, 0.3) is 0 Å². The molecular formula is C13H19N5O4S. The van der Waals surface area contributed by atoms with Crippen molar-refractivity contribution in [2.24, 2.45) is 0 Å². The van der Waals surface area contributed by atoms with Gasteiger partial charge in [0.15, 0.2) is 0 Å². The van der Waals surface area contributed by atoms with E-state index in [1.165, 1.54) is 23.8 Å². The summed E-state index contributed by atoms with van der Waals surface area (Å²) in [5, 5.41) is 12.2. The van der Waals surface area contributed by atoms with Crippen molar-refractivity contribution in [3.05, 3.63) is 0 Å². The summed E-state index contributed by atoms with van der Waals surface area (Å²) in [4.78, 5) is 25.9. The molecule has 9 nitrogen and oxygen atoms in total. The maximum atomic E-state index is 12.5. The van der Waals surface area contributed by atoms with Crippen LogP contribution in [0.3, 0.4) is 0 Å². The lowest BCUT2D eigenvalue weighted by atomic mass is 10.2. The predicted octanol–water partition coefficient (Wildman–Crippen LogP) is -0.111. The monoisotopic (exact) mass is 341 g/mol. The van der Waals surface area contributed by atoms with Crippen molar-refractivity contribution in [3.8, 4) is 0 Å². The van der Waals surface area contributed by atoms with Gasteiger partial charge in [-0.05, 0) is 23.3 Å². The summed E-state index contributed by atoms with van der Waals surface area (Å²) in [6.45, 7) is 0.392. The topological polar surface area (TPSA) is 99.4 Å². The van der Waals surface area contributed by atoms with Crippen LogP contribution in [0.4, 0.5) is 0 Å². The van der Waals surface area contributed by atoms with Crippen molar-refractivity contribution in [1.29, 1.82) is 0 Å². The van der Waals surface area contributed by atoms with Crippen LogP contribution >= 0.6 is 11.8 Å². The molecule has 0 bridgehead atoms. The van der Waals surface area contributed by atoms with Crippen molar-refractivity contribution in [1.82, 2.24) is 25.1 Å². The summed E-state index contributed by atoms with van der Waals surface area (Å²) in [7, 11) is 2.90. The zero-order chi connectivity index (χ0) is 16.4. The van der Waals surface area contributed by atoms with Crippen LogP contribution in [-0.2, 0) is 19.1 Å². The second-order valence-electron chi connectivity index (χ2n) is 5.60. The first-order valence-corrected chi connectivity index (χ1v) is 8.43. The Bertz CT molecular complexity index is 591. The lowest BCUT2D eigenvalue weighted by molar-refractivity contribution is -0.150. The molecule has 0 aromatic carbocycles. The number of esters is 1. The number of aromatic nitrogens is 4. The summed E-state index contributed by atoms with van der Waals surface area (Å²) in [5.74, 6) is -0.377. The molecule has 2 atom stereocenters. The van der Waals surface area contributed by atoms with Gasteiger partial charge in [0.05, 0.1) is 25.0 Å². The molecule has 23 heavy (non-hydrogen) atoms. The number of likely N-dealkylation sites (tertiary alicyclic amines) is 1. The Hall–Kier alpha value is -1.68. The number of tetrazole rings is 1. The molecule has 126 valence electrons. The van der Waals surface area contributed by atoms with Gasteiger partial charge in [0.25, 0.3) is 0 Å². The number of methoxy groups -OCH3 is 2. The minimum Gasteiger partial charge on any atom is -0.467 e. The van der Waals surface area contributed by atoms with Gasteiger partial charge >= 0.3 is 5.97 Å². The molecule has 10 heteroatoms. The van der Waals surface area contributed by atoms with Gasteiger partial charge < -0.3 is 14.4 Å². The van der Waals surface area contributed by atoms with Gasteiger partial charge in [0.2, 0.25) is 11.1 Å². The van der Waals surface area contributed by atoms with Gasteiger partial charge in [-0.2, -0.15) is 0 Å². The van der Waals surface area contributed by atoms with E-state index >= 15 is 0 Å². The summed E-state index contributed by atoms with van der Waals surface area (Å²) in [6, 6.07) is -0.229. The molecule has 1 aromatic heterocycles. The zero-order valence-corrected chi connectivity index (χ0v) is 13.9. The number of rotatable bonds is 6. The first kappa shape index (κ1) is 16.2. The maximum Gasteiger partial charge on any atom is 0.328 e. The average Bonchev–Trinajstić information content (AvgIpc) is 3.14. The largest absolute Gasteiger partial charge is 0.467 e. The van der Waals surface area contributed by atoms with E-state index in [0.717, 1.165) is 12.8 Å². The van der Waals surface area contributed by atoms with E-state index < -0.39 is 12.0 Å². The van der Waals surface area contributed by atoms with Crippen molar-refractivity contribution >= 4 is 23.6 Å². The van der Waals surface area contributed by atoms with E-state index in [0.29, 0.717) is 24.2 Å². The van der Waals surface area contributed by atoms with E-state index in [9.17, 15) is 9.59 Å². The highest BCUT2D eigenvalue weighted by Gasteiger charge is 2.40. The average molecular weight is 341 g/mol. The van der Waals surface area contributed by atoms with Crippen LogP contribution in [-0.4, -0.2) is 75.6 Å². The highest BCUT2D eigenvalue weighted by molar-refractivity contribution is 7.99. The fraction of sp³-hybridized carbons (Fsp3) is 0.769. The second-order valence-corrected chi connectivity index (χ2v) is 6.55. The normalized spacial score (nSPS) is 24.0. The quantitative estimate of drug-likeness (QED) is 0.522. The Balaban J connectivity index is 1.61. The standard InChI is InChI=1S/C13H19N5O4S/c1-21-9-5-10(12(20)22-2)17(6-9)11(19)7-23-13-14-15-16-18(13)8-3-4-8/h8-10H,3-7H2,1-2H3. The highest BCUT2D eigenvalue weighted by atomic mass is 32.2. The Kier molecular flexibility index (Phi) is 4.81. The highest BCUT2D eigenvalue weighted by Crippen LogP contribution is 2.36. The first-order chi connectivity index (χ1) is 11.1. The van der Waals surface area contributed by atoms with Gasteiger partial charge in [-0.15, -0.1) is 5.10 Å². The van der Waals surface area contributed by atoms with Crippen LogP contribution in [0.15, 0.2) is 5.16 Å². The maximum absolute atomic E-state index is 12.5. The lowest BCUT2D eigenvalue weighted by Gasteiger charge is -2.22. The van der Waals surface area contributed by atoms with Crippen molar-refractivity contribution in [3.63, 3.8) is 0 Å². The molecule has 1 aliphatic heterocycles. The summed E-state index contributed by atoms with van der Waals surface area (Å²) >= 11 is 1.29. The molecule has 0 radical (unpaired) electrons. The van der Waals surface area contributed by atoms with Crippen molar-refractivity contribution in [2.75, 3.05) is 26.5 Å². The van der Waals surface area contributed by atoms with E-state index in [2.05, 4.69) is 15.5 Å². The number of ether oxygens (including phenoxy) is 2. The van der Waals surface area contributed by atoms with E-state index in [4.69, 9.17) is 9.47 Å².